The molecule has 2 fully saturated rings. The number of carbonyl (C=O) groups excluding carboxylic acids is 1. The Bertz CT molecular complexity index is 826. The van der Waals surface area contributed by atoms with Gasteiger partial charge in [-0.3, -0.25) is 4.79 Å². The highest BCUT2D eigenvalue weighted by atomic mass is 16.3. The van der Waals surface area contributed by atoms with Gasteiger partial charge in [0.1, 0.15) is 11.9 Å². The third-order valence-corrected chi connectivity index (χ3v) is 5.77. The van der Waals surface area contributed by atoms with Crippen molar-refractivity contribution in [2.45, 2.75) is 51.0 Å². The maximum atomic E-state index is 12.2. The summed E-state index contributed by atoms with van der Waals surface area (Å²) in [6, 6.07) is 0.612. The van der Waals surface area contributed by atoms with E-state index in [0.29, 0.717) is 12.8 Å². The molecule has 4 rings (SSSR count). The molecule has 0 spiro atoms. The van der Waals surface area contributed by atoms with Crippen LogP contribution in [0.15, 0.2) is 18.2 Å². The van der Waals surface area contributed by atoms with Gasteiger partial charge in [-0.2, -0.15) is 0 Å². The summed E-state index contributed by atoms with van der Waals surface area (Å²) < 4.78 is 42.2. The van der Waals surface area contributed by atoms with E-state index in [1.807, 2.05) is 6.92 Å². The maximum absolute atomic E-state index is 12.2. The van der Waals surface area contributed by atoms with Crippen LogP contribution in [0.2, 0.25) is 0 Å². The number of hydrogen-bond donors (Lipinski definition) is 2. The van der Waals surface area contributed by atoms with Crippen molar-refractivity contribution >= 4 is 5.78 Å². The summed E-state index contributed by atoms with van der Waals surface area (Å²) in [5, 5.41) is 20.3. The van der Waals surface area contributed by atoms with Crippen molar-refractivity contribution in [2.24, 2.45) is 17.3 Å². The van der Waals surface area contributed by atoms with Crippen molar-refractivity contribution in [2.75, 3.05) is 0 Å². The Balaban J connectivity index is 1.93. The molecule has 0 unspecified atom stereocenters. The molecule has 3 aliphatic rings. The zero-order valence-corrected chi connectivity index (χ0v) is 11.9. The minimum atomic E-state index is -1.94. The minimum Gasteiger partial charge on any atom is -0.508 e. The smallest absolute Gasteiger partial charge is 0.162 e. The average Bonchev–Trinajstić information content (AvgIpc) is 2.78. The lowest BCUT2D eigenvalue weighted by Crippen LogP contribution is -2.44. The van der Waals surface area contributed by atoms with Crippen LogP contribution in [0.25, 0.3) is 0 Å². The van der Waals surface area contributed by atoms with Crippen LogP contribution in [0.5, 0.6) is 5.75 Å². The standard InChI is InChI=1S/C18H22O3/c1-18-7-6-13-12-5-3-11(19)8-10(12)2-4-14(13)15(18)9-16(20)17(18)21/h3,5,8,13-15,17,19,21H,2,4,6-7,9H2,1H3/t13-,14-,15+,17+,18+/m0/s1/i2D2,3D,8D,13D. The Labute approximate surface area is 132 Å². The molecule has 2 saturated carbocycles. The van der Waals surface area contributed by atoms with Gasteiger partial charge < -0.3 is 10.2 Å². The van der Waals surface area contributed by atoms with E-state index in [1.165, 1.54) is 6.07 Å². The zero-order valence-electron chi connectivity index (χ0n) is 16.9. The first-order chi connectivity index (χ1) is 11.9. The van der Waals surface area contributed by atoms with Gasteiger partial charge in [0.25, 0.3) is 0 Å². The van der Waals surface area contributed by atoms with Crippen molar-refractivity contribution < 1.29 is 21.9 Å². The first-order valence-electron chi connectivity index (χ1n) is 9.98. The van der Waals surface area contributed by atoms with Gasteiger partial charge >= 0.3 is 0 Å². The van der Waals surface area contributed by atoms with E-state index in [4.69, 9.17) is 6.85 Å². The van der Waals surface area contributed by atoms with E-state index in [1.54, 1.807) is 0 Å². The fourth-order valence-corrected chi connectivity index (χ4v) is 4.53. The van der Waals surface area contributed by atoms with Gasteiger partial charge in [0.2, 0.25) is 0 Å². The predicted molar refractivity (Wildman–Crippen MR) is 79.1 cm³/mol. The molecule has 0 saturated heterocycles. The van der Waals surface area contributed by atoms with E-state index in [-0.39, 0.29) is 41.7 Å². The summed E-state index contributed by atoms with van der Waals surface area (Å²) in [6.07, 6.45) is -2.15. The molecule has 0 aromatic heterocycles. The number of rotatable bonds is 0. The lowest BCUT2D eigenvalue weighted by atomic mass is 9.55. The normalized spacial score (nSPS) is 50.7. The summed E-state index contributed by atoms with van der Waals surface area (Å²) in [7, 11) is 0. The van der Waals surface area contributed by atoms with Crippen LogP contribution in [0.1, 0.15) is 56.5 Å². The zero-order chi connectivity index (χ0) is 19.2. The van der Waals surface area contributed by atoms with Crippen LogP contribution in [0.3, 0.4) is 0 Å². The molecule has 3 aliphatic carbocycles. The number of aliphatic hydroxyl groups is 1. The second-order valence-electron chi connectivity index (χ2n) is 6.75. The van der Waals surface area contributed by atoms with E-state index in [0.717, 1.165) is 0 Å². The maximum Gasteiger partial charge on any atom is 0.162 e. The highest BCUT2D eigenvalue weighted by Crippen LogP contribution is 2.60. The predicted octanol–water partition coefficient (Wildman–Crippen LogP) is 2.79. The average molecular weight is 291 g/mol. The number of aromatic hydroxyl groups is 1. The summed E-state index contributed by atoms with van der Waals surface area (Å²) in [5.41, 5.74) is -0.391. The van der Waals surface area contributed by atoms with Gasteiger partial charge in [-0.25, -0.2) is 0 Å². The van der Waals surface area contributed by atoms with Crippen molar-refractivity contribution in [3.63, 3.8) is 0 Å². The molecule has 2 N–H and O–H groups in total. The van der Waals surface area contributed by atoms with Crippen molar-refractivity contribution in [1.29, 1.82) is 0 Å². The Morgan fingerprint density at radius 1 is 1.52 bits per heavy atom. The number of aliphatic hydroxyl groups excluding tert-OH is 1. The summed E-state index contributed by atoms with van der Waals surface area (Å²) in [4.78, 5) is 12.2. The largest absolute Gasteiger partial charge is 0.508 e. The first-order valence-corrected chi connectivity index (χ1v) is 7.48. The molecule has 0 aliphatic heterocycles. The van der Waals surface area contributed by atoms with Crippen molar-refractivity contribution in [1.82, 2.24) is 0 Å². The summed E-state index contributed by atoms with van der Waals surface area (Å²) in [6.45, 7) is 1.85. The number of carbonyl (C=O) groups is 1. The molecule has 3 heteroatoms. The van der Waals surface area contributed by atoms with Gasteiger partial charge in [-0.15, -0.1) is 0 Å². The molecule has 21 heavy (non-hydrogen) atoms. The fourth-order valence-electron chi connectivity index (χ4n) is 4.53. The van der Waals surface area contributed by atoms with Crippen LogP contribution in [-0.4, -0.2) is 22.1 Å². The van der Waals surface area contributed by atoms with Crippen molar-refractivity contribution in [3.05, 3.63) is 29.3 Å². The second-order valence-corrected chi connectivity index (χ2v) is 6.75. The Kier molecular flexibility index (Phi) is 1.84. The van der Waals surface area contributed by atoms with E-state index in [2.05, 4.69) is 0 Å². The number of benzene rings is 1. The van der Waals surface area contributed by atoms with Gasteiger partial charge in [-0.05, 0) is 66.6 Å². The second kappa shape index (κ2) is 4.33. The molecule has 112 valence electrons. The Morgan fingerprint density at radius 3 is 3.14 bits per heavy atom. The van der Waals surface area contributed by atoms with Crippen LogP contribution in [0, 0.1) is 17.3 Å². The molecule has 0 heterocycles. The molecule has 1 aromatic carbocycles. The van der Waals surface area contributed by atoms with Crippen LogP contribution in [-0.2, 0) is 11.2 Å². The van der Waals surface area contributed by atoms with Gasteiger partial charge in [0, 0.05) is 15.9 Å². The highest BCUT2D eigenvalue weighted by Gasteiger charge is 2.57. The molecule has 0 bridgehead atoms. The monoisotopic (exact) mass is 291 g/mol. The lowest BCUT2D eigenvalue weighted by molar-refractivity contribution is -0.128. The number of fused-ring (bicyclic) bond motifs is 5. The summed E-state index contributed by atoms with van der Waals surface area (Å²) >= 11 is 0. The van der Waals surface area contributed by atoms with E-state index >= 15 is 0 Å². The molecule has 1 aromatic rings. The number of phenolic OH excluding ortho intramolecular Hbond substituents is 1. The Morgan fingerprint density at radius 2 is 2.33 bits per heavy atom. The number of phenols is 1. The molecule has 0 amide bonds. The quantitative estimate of drug-likeness (QED) is 0.773. The van der Waals surface area contributed by atoms with Crippen LogP contribution >= 0.6 is 0 Å². The van der Waals surface area contributed by atoms with Crippen molar-refractivity contribution in [3.8, 4) is 5.75 Å². The van der Waals surface area contributed by atoms with Crippen LogP contribution < -0.4 is 0 Å². The first kappa shape index (κ1) is 8.94. The fraction of sp³-hybridized carbons (Fsp3) is 0.611. The molecule has 3 nitrogen and oxygen atoms in total. The third kappa shape index (κ3) is 1.73. The highest BCUT2D eigenvalue weighted by molar-refractivity contribution is 5.86. The number of hydrogen-bond acceptors (Lipinski definition) is 3. The third-order valence-electron chi connectivity index (χ3n) is 5.77. The molecule has 5 atom stereocenters. The number of Topliss-reactive ketones (excluding diaryl/α,β-unsaturated/α-hetero) is 1. The van der Waals surface area contributed by atoms with E-state index < -0.39 is 41.5 Å². The van der Waals surface area contributed by atoms with Crippen LogP contribution in [0.4, 0.5) is 0 Å². The molecular formula is C18H22O3. The SMILES string of the molecule is [2H]c1cc2c(c([2H])c1O)C([2H])([2H])C[C@@H]1[C@H]3CC(=O)[C@@H](O)[C@]3(C)CC[C@@]21[2H]. The summed E-state index contributed by atoms with van der Waals surface area (Å²) in [5.74, 6) is -2.85. The van der Waals surface area contributed by atoms with Gasteiger partial charge in [0.15, 0.2) is 5.78 Å². The van der Waals surface area contributed by atoms with Gasteiger partial charge in [-0.1, -0.05) is 13.0 Å². The van der Waals surface area contributed by atoms with Gasteiger partial charge in [0.05, 0.1) is 2.74 Å². The Hall–Kier alpha value is -1.35. The molecular weight excluding hydrogens is 264 g/mol. The topological polar surface area (TPSA) is 57.5 Å². The lowest BCUT2D eigenvalue weighted by Gasteiger charge is -2.49. The minimum absolute atomic E-state index is 0.00859. The molecule has 0 radical (unpaired) electrons. The number of ketones is 1. The van der Waals surface area contributed by atoms with E-state index in [9.17, 15) is 15.0 Å².